The summed E-state index contributed by atoms with van der Waals surface area (Å²) >= 11 is 0. The highest BCUT2D eigenvalue weighted by Gasteiger charge is 1.93. The number of allylic oxidation sites excluding steroid dienone is 2. The molecule has 0 aliphatic rings. The van der Waals surface area contributed by atoms with Crippen molar-refractivity contribution in [3.05, 3.63) is 24.3 Å². The van der Waals surface area contributed by atoms with E-state index in [-0.39, 0.29) is 0 Å². The Kier molecular flexibility index (Phi) is 4.88. The molecule has 0 heterocycles. The minimum Gasteiger partial charge on any atom is -0.306 e. The molecule has 0 N–H and O–H groups in total. The lowest BCUT2D eigenvalue weighted by atomic mass is 10.1. The lowest BCUT2D eigenvalue weighted by Crippen LogP contribution is -2.10. The van der Waals surface area contributed by atoms with Gasteiger partial charge in [0.15, 0.2) is 0 Å². The maximum atomic E-state index is 3.95. The molecule has 0 amide bonds. The predicted molar refractivity (Wildman–Crippen MR) is 51.7 cm³/mol. The number of likely N-dealkylation sites (N-methyl/N-ethyl adjacent to an activating group) is 1. The van der Waals surface area contributed by atoms with Gasteiger partial charge in [-0.15, -0.1) is 0 Å². The van der Waals surface area contributed by atoms with E-state index in [9.17, 15) is 0 Å². The van der Waals surface area contributed by atoms with Crippen LogP contribution in [0.15, 0.2) is 24.3 Å². The molecule has 0 aliphatic carbocycles. The Morgan fingerprint density at radius 2 is 2.00 bits per heavy atom. The standard InChI is InChI=1S/C10H19N/c1-9(2)10(3)7-6-8-11(4)5/h6-7,9H,3,8H2,1-2,4-5H3. The average Bonchev–Trinajstić information content (AvgIpc) is 1.86. The molecule has 0 fully saturated rings. The normalized spacial score (nSPS) is 11.8. The van der Waals surface area contributed by atoms with Crippen molar-refractivity contribution in [3.8, 4) is 0 Å². The summed E-state index contributed by atoms with van der Waals surface area (Å²) in [7, 11) is 4.12. The fourth-order valence-electron chi connectivity index (χ4n) is 0.607. The van der Waals surface area contributed by atoms with E-state index in [1.54, 1.807) is 0 Å². The molecule has 0 rings (SSSR count). The zero-order chi connectivity index (χ0) is 8.85. The monoisotopic (exact) mass is 153 g/mol. The van der Waals surface area contributed by atoms with Crippen LogP contribution in [0.5, 0.6) is 0 Å². The van der Waals surface area contributed by atoms with E-state index in [0.717, 1.165) is 6.54 Å². The first kappa shape index (κ1) is 10.4. The number of rotatable bonds is 4. The van der Waals surface area contributed by atoms with Crippen molar-refractivity contribution in [2.75, 3.05) is 20.6 Å². The lowest BCUT2D eigenvalue weighted by molar-refractivity contribution is 0.456. The molecular weight excluding hydrogens is 134 g/mol. The summed E-state index contributed by atoms with van der Waals surface area (Å²) in [6.07, 6.45) is 4.24. The van der Waals surface area contributed by atoms with Crippen LogP contribution in [0.2, 0.25) is 0 Å². The molecule has 0 saturated carbocycles. The van der Waals surface area contributed by atoms with Gasteiger partial charge in [-0.2, -0.15) is 0 Å². The van der Waals surface area contributed by atoms with E-state index in [4.69, 9.17) is 0 Å². The van der Waals surface area contributed by atoms with Gasteiger partial charge < -0.3 is 4.90 Å². The van der Waals surface area contributed by atoms with Crippen LogP contribution in [0.3, 0.4) is 0 Å². The average molecular weight is 153 g/mol. The van der Waals surface area contributed by atoms with Crippen molar-refractivity contribution in [3.63, 3.8) is 0 Å². The second-order valence-electron chi connectivity index (χ2n) is 3.39. The Balaban J connectivity index is 3.66. The predicted octanol–water partition coefficient (Wildman–Crippen LogP) is 2.32. The summed E-state index contributed by atoms with van der Waals surface area (Å²) in [5, 5.41) is 0. The molecule has 1 nitrogen and oxygen atoms in total. The summed E-state index contributed by atoms with van der Waals surface area (Å²) < 4.78 is 0. The van der Waals surface area contributed by atoms with Gasteiger partial charge in [-0.1, -0.05) is 38.2 Å². The van der Waals surface area contributed by atoms with Gasteiger partial charge in [-0.25, -0.2) is 0 Å². The third kappa shape index (κ3) is 5.86. The fraction of sp³-hybridized carbons (Fsp3) is 0.600. The summed E-state index contributed by atoms with van der Waals surface area (Å²) in [6, 6.07) is 0. The van der Waals surface area contributed by atoms with Gasteiger partial charge in [0.25, 0.3) is 0 Å². The zero-order valence-electron chi connectivity index (χ0n) is 8.09. The zero-order valence-corrected chi connectivity index (χ0v) is 8.09. The molecule has 0 radical (unpaired) electrons. The van der Waals surface area contributed by atoms with Gasteiger partial charge in [0.1, 0.15) is 0 Å². The molecule has 0 spiro atoms. The number of hydrogen-bond acceptors (Lipinski definition) is 1. The maximum Gasteiger partial charge on any atom is 0.0160 e. The Labute approximate surface area is 70.4 Å². The Bertz CT molecular complexity index is 143. The van der Waals surface area contributed by atoms with Crippen LogP contribution < -0.4 is 0 Å². The SMILES string of the molecule is C=C(C=CCN(C)C)C(C)C. The van der Waals surface area contributed by atoms with Crippen LogP contribution in [0.25, 0.3) is 0 Å². The van der Waals surface area contributed by atoms with E-state index >= 15 is 0 Å². The van der Waals surface area contributed by atoms with Crippen LogP contribution in [-0.4, -0.2) is 25.5 Å². The minimum atomic E-state index is 0.563. The second kappa shape index (κ2) is 5.14. The number of hydrogen-bond donors (Lipinski definition) is 0. The van der Waals surface area contributed by atoms with Crippen LogP contribution >= 0.6 is 0 Å². The van der Waals surface area contributed by atoms with E-state index < -0.39 is 0 Å². The lowest BCUT2D eigenvalue weighted by Gasteiger charge is -2.06. The van der Waals surface area contributed by atoms with E-state index in [2.05, 4.69) is 51.6 Å². The highest BCUT2D eigenvalue weighted by atomic mass is 15.0. The quantitative estimate of drug-likeness (QED) is 0.560. The molecule has 0 aromatic carbocycles. The maximum absolute atomic E-state index is 3.95. The first-order chi connectivity index (χ1) is 5.04. The molecule has 0 atom stereocenters. The van der Waals surface area contributed by atoms with Gasteiger partial charge in [0.2, 0.25) is 0 Å². The van der Waals surface area contributed by atoms with Crippen LogP contribution in [0.1, 0.15) is 13.8 Å². The topological polar surface area (TPSA) is 3.24 Å². The smallest absolute Gasteiger partial charge is 0.0160 e. The highest BCUT2D eigenvalue weighted by Crippen LogP contribution is 2.07. The van der Waals surface area contributed by atoms with Gasteiger partial charge in [-0.05, 0) is 20.0 Å². The van der Waals surface area contributed by atoms with Crippen molar-refractivity contribution in [2.24, 2.45) is 5.92 Å². The molecular formula is C10H19N. The molecule has 11 heavy (non-hydrogen) atoms. The molecule has 0 aromatic rings. The summed E-state index contributed by atoms with van der Waals surface area (Å²) in [4.78, 5) is 2.13. The molecule has 0 aliphatic heterocycles. The Morgan fingerprint density at radius 1 is 1.45 bits per heavy atom. The van der Waals surface area contributed by atoms with Crippen molar-refractivity contribution >= 4 is 0 Å². The third-order valence-corrected chi connectivity index (χ3v) is 1.54. The van der Waals surface area contributed by atoms with Gasteiger partial charge in [0.05, 0.1) is 0 Å². The van der Waals surface area contributed by atoms with Gasteiger partial charge >= 0.3 is 0 Å². The summed E-state index contributed by atoms with van der Waals surface area (Å²) in [6.45, 7) is 9.25. The molecule has 0 bridgehead atoms. The Hall–Kier alpha value is -0.560. The fourth-order valence-corrected chi connectivity index (χ4v) is 0.607. The second-order valence-corrected chi connectivity index (χ2v) is 3.39. The number of nitrogens with zero attached hydrogens (tertiary/aromatic N) is 1. The van der Waals surface area contributed by atoms with E-state index in [1.807, 2.05) is 0 Å². The molecule has 64 valence electrons. The van der Waals surface area contributed by atoms with Crippen molar-refractivity contribution in [2.45, 2.75) is 13.8 Å². The van der Waals surface area contributed by atoms with E-state index in [1.165, 1.54) is 5.57 Å². The van der Waals surface area contributed by atoms with Gasteiger partial charge in [-0.3, -0.25) is 0 Å². The van der Waals surface area contributed by atoms with Crippen molar-refractivity contribution < 1.29 is 0 Å². The first-order valence-electron chi connectivity index (χ1n) is 4.04. The third-order valence-electron chi connectivity index (χ3n) is 1.54. The summed E-state index contributed by atoms with van der Waals surface area (Å²) in [5.74, 6) is 0.563. The van der Waals surface area contributed by atoms with Crippen molar-refractivity contribution in [1.29, 1.82) is 0 Å². The van der Waals surface area contributed by atoms with Crippen LogP contribution in [-0.2, 0) is 0 Å². The Morgan fingerprint density at radius 3 is 2.36 bits per heavy atom. The van der Waals surface area contributed by atoms with Crippen LogP contribution in [0.4, 0.5) is 0 Å². The molecule has 0 saturated heterocycles. The minimum absolute atomic E-state index is 0.563. The van der Waals surface area contributed by atoms with Crippen LogP contribution in [0, 0.1) is 5.92 Å². The van der Waals surface area contributed by atoms with Gasteiger partial charge in [0, 0.05) is 6.54 Å². The van der Waals surface area contributed by atoms with E-state index in [0.29, 0.717) is 5.92 Å². The highest BCUT2D eigenvalue weighted by molar-refractivity contribution is 5.16. The largest absolute Gasteiger partial charge is 0.306 e. The first-order valence-corrected chi connectivity index (χ1v) is 4.04. The summed E-state index contributed by atoms with van der Waals surface area (Å²) in [5.41, 5.74) is 1.20. The molecule has 0 aromatic heterocycles. The molecule has 1 heteroatoms. The molecule has 0 unspecified atom stereocenters. The van der Waals surface area contributed by atoms with Crippen molar-refractivity contribution in [1.82, 2.24) is 4.90 Å².